The molecule has 0 aromatic carbocycles. The van der Waals surface area contributed by atoms with E-state index in [1.165, 1.54) is 0 Å². The Labute approximate surface area is 49.9 Å². The number of hydrogen-bond donors (Lipinski definition) is 3. The quantitative estimate of drug-likeness (QED) is 0.428. The van der Waals surface area contributed by atoms with Crippen LogP contribution in [0.15, 0.2) is 0 Å². The Bertz CT molecular complexity index is 57.9. The summed E-state index contributed by atoms with van der Waals surface area (Å²) < 4.78 is 0. The fourth-order valence-electron chi connectivity index (χ4n) is 0.378. The largest absolute Gasteiger partial charge is 0.376 e. The van der Waals surface area contributed by atoms with Crippen molar-refractivity contribution in [3.8, 4) is 0 Å². The molecule has 4 N–H and O–H groups in total. The van der Waals surface area contributed by atoms with Gasteiger partial charge in [0.25, 0.3) is 0 Å². The Hall–Kier alpha value is -0.120. The third kappa shape index (κ3) is 5.88. The molecule has 0 aliphatic rings. The molecule has 0 fully saturated rings. The number of hydrogen-bond acceptors (Lipinski definition) is 3. The van der Waals surface area contributed by atoms with Gasteiger partial charge in [-0.25, -0.2) is 0 Å². The van der Waals surface area contributed by atoms with Crippen molar-refractivity contribution < 1.29 is 5.11 Å². The second kappa shape index (κ2) is 3.02. The molecule has 3 nitrogen and oxygen atoms in total. The first-order valence-corrected chi connectivity index (χ1v) is 2.74. The van der Waals surface area contributed by atoms with E-state index in [1.54, 1.807) is 13.8 Å². The van der Waals surface area contributed by atoms with Gasteiger partial charge in [-0.15, -0.1) is 0 Å². The third-order valence-electron chi connectivity index (χ3n) is 0.702. The highest BCUT2D eigenvalue weighted by molar-refractivity contribution is 4.60. The molecule has 0 aromatic rings. The van der Waals surface area contributed by atoms with E-state index in [0.29, 0.717) is 13.1 Å². The fourth-order valence-corrected chi connectivity index (χ4v) is 0.378. The lowest BCUT2D eigenvalue weighted by atomic mass is 10.3. The minimum Gasteiger partial charge on any atom is -0.376 e. The predicted molar refractivity (Wildman–Crippen MR) is 33.4 cm³/mol. The molecule has 0 radical (unpaired) electrons. The van der Waals surface area contributed by atoms with Crippen LogP contribution in [0.25, 0.3) is 0 Å². The van der Waals surface area contributed by atoms with E-state index in [4.69, 9.17) is 10.8 Å². The van der Waals surface area contributed by atoms with Gasteiger partial charge in [-0.3, -0.25) is 5.32 Å². The molecule has 0 atom stereocenters. The minimum atomic E-state index is -0.778. The minimum absolute atomic E-state index is 0.560. The first kappa shape index (κ1) is 7.88. The Morgan fingerprint density at radius 3 is 2.25 bits per heavy atom. The van der Waals surface area contributed by atoms with Gasteiger partial charge in [-0.05, 0) is 13.8 Å². The van der Waals surface area contributed by atoms with Crippen LogP contribution in [0, 0.1) is 0 Å². The van der Waals surface area contributed by atoms with Gasteiger partial charge in [0.05, 0.1) is 0 Å². The zero-order valence-corrected chi connectivity index (χ0v) is 5.44. The summed E-state index contributed by atoms with van der Waals surface area (Å²) in [4.78, 5) is 0. The summed E-state index contributed by atoms with van der Waals surface area (Å²) in [7, 11) is 0. The summed E-state index contributed by atoms with van der Waals surface area (Å²) in [5.41, 5.74) is 4.38. The highest BCUT2D eigenvalue weighted by atomic mass is 16.3. The maximum atomic E-state index is 8.98. The Morgan fingerprint density at radius 1 is 1.62 bits per heavy atom. The van der Waals surface area contributed by atoms with E-state index in [1.807, 2.05) is 0 Å². The number of nitrogens with one attached hydrogen (secondary N) is 1. The Balaban J connectivity index is 3.11. The molecule has 0 aliphatic carbocycles. The van der Waals surface area contributed by atoms with Crippen molar-refractivity contribution in [2.45, 2.75) is 19.6 Å². The van der Waals surface area contributed by atoms with Crippen LogP contribution in [-0.2, 0) is 0 Å². The van der Waals surface area contributed by atoms with Crippen LogP contribution in [0.1, 0.15) is 13.8 Å². The first-order chi connectivity index (χ1) is 3.56. The van der Waals surface area contributed by atoms with Gasteiger partial charge in [0.15, 0.2) is 0 Å². The van der Waals surface area contributed by atoms with E-state index < -0.39 is 5.72 Å². The molecule has 0 spiro atoms. The van der Waals surface area contributed by atoms with E-state index in [9.17, 15) is 0 Å². The molecule has 8 heavy (non-hydrogen) atoms. The van der Waals surface area contributed by atoms with Crippen molar-refractivity contribution in [1.29, 1.82) is 0 Å². The zero-order chi connectivity index (χ0) is 6.62. The van der Waals surface area contributed by atoms with Crippen molar-refractivity contribution in [3.05, 3.63) is 0 Å². The lowest BCUT2D eigenvalue weighted by molar-refractivity contribution is 0.0450. The van der Waals surface area contributed by atoms with Crippen LogP contribution >= 0.6 is 0 Å². The molecule has 3 heteroatoms. The van der Waals surface area contributed by atoms with E-state index >= 15 is 0 Å². The lowest BCUT2D eigenvalue weighted by Gasteiger charge is -2.17. The average Bonchev–Trinajstić information content (AvgIpc) is 1.59. The Morgan fingerprint density at radius 2 is 2.12 bits per heavy atom. The molecule has 50 valence electrons. The lowest BCUT2D eigenvalue weighted by Crippen LogP contribution is -2.41. The first-order valence-electron chi connectivity index (χ1n) is 2.74. The zero-order valence-electron chi connectivity index (χ0n) is 5.44. The molecule has 0 bridgehead atoms. The Kier molecular flexibility index (Phi) is 2.97. The molecule has 0 aromatic heterocycles. The van der Waals surface area contributed by atoms with Gasteiger partial charge in [0.1, 0.15) is 5.72 Å². The maximum Gasteiger partial charge on any atom is 0.110 e. The smallest absolute Gasteiger partial charge is 0.110 e. The molecule has 0 amide bonds. The normalized spacial score (nSPS) is 12.0. The molecule has 0 unspecified atom stereocenters. The van der Waals surface area contributed by atoms with Gasteiger partial charge in [-0.1, -0.05) is 0 Å². The molecule has 0 saturated heterocycles. The van der Waals surface area contributed by atoms with E-state index in [-0.39, 0.29) is 0 Å². The highest BCUT2D eigenvalue weighted by Crippen LogP contribution is 1.90. The molecular weight excluding hydrogens is 104 g/mol. The number of rotatable bonds is 3. The third-order valence-corrected chi connectivity index (χ3v) is 0.702. The van der Waals surface area contributed by atoms with Crippen LogP contribution in [0.5, 0.6) is 0 Å². The van der Waals surface area contributed by atoms with Crippen molar-refractivity contribution in [3.63, 3.8) is 0 Å². The second-order valence-corrected chi connectivity index (χ2v) is 2.27. The van der Waals surface area contributed by atoms with Gasteiger partial charge in [-0.2, -0.15) is 0 Å². The summed E-state index contributed by atoms with van der Waals surface area (Å²) in [5.74, 6) is 0. The maximum absolute atomic E-state index is 8.98. The van der Waals surface area contributed by atoms with Gasteiger partial charge in [0.2, 0.25) is 0 Å². The topological polar surface area (TPSA) is 58.3 Å². The van der Waals surface area contributed by atoms with Crippen molar-refractivity contribution in [2.24, 2.45) is 5.73 Å². The standard InChI is InChI=1S/C5H14N2O/c1-5(2,8)7-4-3-6/h7-8H,3-4,6H2,1-2H3. The molecule has 0 aliphatic heterocycles. The molecular formula is C5H14N2O. The van der Waals surface area contributed by atoms with Crippen LogP contribution in [-0.4, -0.2) is 23.9 Å². The van der Waals surface area contributed by atoms with Crippen LogP contribution in [0.2, 0.25) is 0 Å². The monoisotopic (exact) mass is 118 g/mol. The number of aliphatic hydroxyl groups is 1. The predicted octanol–water partition coefficient (Wildman–Crippen LogP) is -0.737. The van der Waals surface area contributed by atoms with E-state index in [2.05, 4.69) is 5.32 Å². The SMILES string of the molecule is CC(C)(O)NCCN. The van der Waals surface area contributed by atoms with Crippen LogP contribution in [0.4, 0.5) is 0 Å². The summed E-state index contributed by atoms with van der Waals surface area (Å²) in [6.07, 6.45) is 0. The van der Waals surface area contributed by atoms with Crippen LogP contribution < -0.4 is 11.1 Å². The molecule has 0 saturated carbocycles. The second-order valence-electron chi connectivity index (χ2n) is 2.27. The van der Waals surface area contributed by atoms with Gasteiger partial charge < -0.3 is 10.8 Å². The van der Waals surface area contributed by atoms with Crippen molar-refractivity contribution in [2.75, 3.05) is 13.1 Å². The van der Waals surface area contributed by atoms with Gasteiger partial charge in [0, 0.05) is 13.1 Å². The summed E-state index contributed by atoms with van der Waals surface area (Å²) in [6, 6.07) is 0. The molecule has 0 heterocycles. The van der Waals surface area contributed by atoms with Crippen molar-refractivity contribution >= 4 is 0 Å². The van der Waals surface area contributed by atoms with Crippen molar-refractivity contribution in [1.82, 2.24) is 5.32 Å². The summed E-state index contributed by atoms with van der Waals surface area (Å²) >= 11 is 0. The average molecular weight is 118 g/mol. The van der Waals surface area contributed by atoms with Gasteiger partial charge >= 0.3 is 0 Å². The van der Waals surface area contributed by atoms with Crippen LogP contribution in [0.3, 0.4) is 0 Å². The summed E-state index contributed by atoms with van der Waals surface area (Å²) in [6.45, 7) is 4.58. The van der Waals surface area contributed by atoms with E-state index in [0.717, 1.165) is 0 Å². The highest BCUT2D eigenvalue weighted by Gasteiger charge is 2.07. The molecule has 0 rings (SSSR count). The number of nitrogens with two attached hydrogens (primary N) is 1. The summed E-state index contributed by atoms with van der Waals surface area (Å²) in [5, 5.41) is 11.8. The fraction of sp³-hybridized carbons (Fsp3) is 1.00.